The van der Waals surface area contributed by atoms with Crippen molar-refractivity contribution in [3.63, 3.8) is 0 Å². The van der Waals surface area contributed by atoms with Crippen LogP contribution in [0.4, 0.5) is 0 Å². The van der Waals surface area contributed by atoms with E-state index >= 15 is 0 Å². The lowest BCUT2D eigenvalue weighted by Crippen LogP contribution is -2.19. The second-order valence-corrected chi connectivity index (χ2v) is 5.81. The lowest BCUT2D eigenvalue weighted by atomic mass is 9.77. The van der Waals surface area contributed by atoms with Gasteiger partial charge in [0.05, 0.1) is 6.61 Å². The molecule has 21 heavy (non-hydrogen) atoms. The summed E-state index contributed by atoms with van der Waals surface area (Å²) in [6.07, 6.45) is 4.82. The molecule has 0 heterocycles. The van der Waals surface area contributed by atoms with Gasteiger partial charge in [-0.15, -0.1) is 0 Å². The highest BCUT2D eigenvalue weighted by Crippen LogP contribution is 2.39. The van der Waals surface area contributed by atoms with Crippen molar-refractivity contribution in [3.05, 3.63) is 65.7 Å². The molecule has 2 heteroatoms. The highest BCUT2D eigenvalue weighted by atomic mass is 16.5. The molecule has 110 valence electrons. The van der Waals surface area contributed by atoms with Crippen LogP contribution < -0.4 is 10.5 Å². The smallest absolute Gasteiger partial charge is 0.119 e. The van der Waals surface area contributed by atoms with Crippen molar-refractivity contribution in [1.29, 1.82) is 0 Å². The molecule has 0 aliphatic heterocycles. The minimum Gasteiger partial charge on any atom is -0.494 e. The molecule has 0 saturated heterocycles. The molecule has 2 nitrogen and oxygen atoms in total. The van der Waals surface area contributed by atoms with Crippen molar-refractivity contribution in [1.82, 2.24) is 0 Å². The molecule has 3 rings (SSSR count). The summed E-state index contributed by atoms with van der Waals surface area (Å²) >= 11 is 0. The van der Waals surface area contributed by atoms with Gasteiger partial charge in [-0.25, -0.2) is 0 Å². The van der Waals surface area contributed by atoms with E-state index in [2.05, 4.69) is 24.3 Å². The molecule has 0 aromatic heterocycles. The fraction of sp³-hybridized carbons (Fsp3) is 0.368. The Morgan fingerprint density at radius 2 is 1.71 bits per heavy atom. The van der Waals surface area contributed by atoms with Crippen molar-refractivity contribution in [2.45, 2.75) is 37.6 Å². The molecule has 1 fully saturated rings. The Morgan fingerprint density at radius 3 is 2.43 bits per heavy atom. The van der Waals surface area contributed by atoms with Crippen LogP contribution in [-0.4, -0.2) is 6.61 Å². The number of benzene rings is 2. The summed E-state index contributed by atoms with van der Waals surface area (Å²) in [7, 11) is 0. The molecule has 1 aliphatic carbocycles. The fourth-order valence-electron chi connectivity index (χ4n) is 2.92. The lowest BCUT2D eigenvalue weighted by Gasteiger charge is -2.29. The maximum Gasteiger partial charge on any atom is 0.119 e. The number of ether oxygens (including phenoxy) is 1. The summed E-state index contributed by atoms with van der Waals surface area (Å²) in [6, 6.07) is 18.6. The average molecular weight is 281 g/mol. The maximum absolute atomic E-state index is 6.40. The molecular weight excluding hydrogens is 258 g/mol. The van der Waals surface area contributed by atoms with Gasteiger partial charge in [0.1, 0.15) is 5.75 Å². The van der Waals surface area contributed by atoms with Crippen LogP contribution in [0.25, 0.3) is 0 Å². The minimum atomic E-state index is 0.0607. The van der Waals surface area contributed by atoms with Gasteiger partial charge >= 0.3 is 0 Å². The first kappa shape index (κ1) is 14.2. The van der Waals surface area contributed by atoms with Crippen LogP contribution in [0.15, 0.2) is 54.6 Å². The van der Waals surface area contributed by atoms with Crippen LogP contribution in [0.5, 0.6) is 5.75 Å². The Kier molecular flexibility index (Phi) is 4.56. The van der Waals surface area contributed by atoms with E-state index in [4.69, 9.17) is 10.5 Å². The van der Waals surface area contributed by atoms with E-state index in [0.29, 0.717) is 6.61 Å². The normalized spacial score (nSPS) is 16.2. The highest BCUT2D eigenvalue weighted by molar-refractivity contribution is 5.34. The Labute approximate surface area is 126 Å². The summed E-state index contributed by atoms with van der Waals surface area (Å²) in [4.78, 5) is 0. The number of rotatable bonds is 6. The van der Waals surface area contributed by atoms with Crippen molar-refractivity contribution in [3.8, 4) is 5.75 Å². The third kappa shape index (κ3) is 3.45. The van der Waals surface area contributed by atoms with Crippen LogP contribution >= 0.6 is 0 Å². The summed E-state index contributed by atoms with van der Waals surface area (Å²) < 4.78 is 5.76. The first-order chi connectivity index (χ1) is 10.3. The minimum absolute atomic E-state index is 0.0607. The van der Waals surface area contributed by atoms with Gasteiger partial charge in [0, 0.05) is 12.5 Å². The molecule has 2 aromatic carbocycles. The standard InChI is InChI=1S/C19H23NO/c20-19(13-14-21-16-9-2-1-3-10-16)18-12-5-4-11-17(18)15-7-6-8-15/h1-5,9-12,15,19H,6-8,13-14,20H2. The number of para-hydroxylation sites is 1. The fourth-order valence-corrected chi connectivity index (χ4v) is 2.92. The number of hydrogen-bond donors (Lipinski definition) is 1. The summed E-state index contributed by atoms with van der Waals surface area (Å²) in [5, 5.41) is 0. The molecule has 0 radical (unpaired) electrons. The Hall–Kier alpha value is -1.80. The van der Waals surface area contributed by atoms with Gasteiger partial charge in [0.2, 0.25) is 0 Å². The van der Waals surface area contributed by atoms with Crippen molar-refractivity contribution in [2.24, 2.45) is 5.73 Å². The van der Waals surface area contributed by atoms with Gasteiger partial charge in [-0.1, -0.05) is 48.9 Å². The van der Waals surface area contributed by atoms with E-state index in [9.17, 15) is 0 Å². The first-order valence-corrected chi connectivity index (χ1v) is 7.87. The van der Waals surface area contributed by atoms with E-state index < -0.39 is 0 Å². The third-order valence-electron chi connectivity index (χ3n) is 4.38. The predicted molar refractivity (Wildman–Crippen MR) is 86.5 cm³/mol. The molecule has 0 bridgehead atoms. The van der Waals surface area contributed by atoms with Gasteiger partial charge in [-0.2, -0.15) is 0 Å². The van der Waals surface area contributed by atoms with Crippen molar-refractivity contribution >= 4 is 0 Å². The first-order valence-electron chi connectivity index (χ1n) is 7.87. The highest BCUT2D eigenvalue weighted by Gasteiger charge is 2.23. The maximum atomic E-state index is 6.40. The predicted octanol–water partition coefficient (Wildman–Crippen LogP) is 4.42. The van der Waals surface area contributed by atoms with Crippen molar-refractivity contribution in [2.75, 3.05) is 6.61 Å². The molecule has 2 aromatic rings. The zero-order valence-corrected chi connectivity index (χ0v) is 12.4. The average Bonchev–Trinajstić information content (AvgIpc) is 2.47. The second-order valence-electron chi connectivity index (χ2n) is 5.81. The Bertz CT molecular complexity index is 563. The molecular formula is C19H23NO. The molecule has 1 unspecified atom stereocenters. The van der Waals surface area contributed by atoms with E-state index in [0.717, 1.165) is 18.1 Å². The molecule has 1 aliphatic rings. The van der Waals surface area contributed by atoms with Crippen LogP contribution in [0, 0.1) is 0 Å². The Balaban J connectivity index is 1.59. The third-order valence-corrected chi connectivity index (χ3v) is 4.38. The van der Waals surface area contributed by atoms with Crippen LogP contribution in [0.2, 0.25) is 0 Å². The zero-order valence-electron chi connectivity index (χ0n) is 12.4. The molecule has 0 amide bonds. The monoisotopic (exact) mass is 281 g/mol. The van der Waals surface area contributed by atoms with E-state index in [1.54, 1.807) is 0 Å². The van der Waals surface area contributed by atoms with E-state index in [1.807, 2.05) is 30.3 Å². The topological polar surface area (TPSA) is 35.2 Å². The summed E-state index contributed by atoms with van der Waals surface area (Å²) in [5.74, 6) is 1.64. The van der Waals surface area contributed by atoms with Crippen LogP contribution in [-0.2, 0) is 0 Å². The molecule has 1 saturated carbocycles. The summed E-state index contributed by atoms with van der Waals surface area (Å²) in [5.41, 5.74) is 9.16. The van der Waals surface area contributed by atoms with E-state index in [-0.39, 0.29) is 6.04 Å². The Morgan fingerprint density at radius 1 is 1.00 bits per heavy atom. The molecule has 2 N–H and O–H groups in total. The molecule has 1 atom stereocenters. The van der Waals surface area contributed by atoms with Gasteiger partial charge < -0.3 is 10.5 Å². The van der Waals surface area contributed by atoms with Gasteiger partial charge in [0.15, 0.2) is 0 Å². The van der Waals surface area contributed by atoms with Crippen LogP contribution in [0.1, 0.15) is 48.8 Å². The van der Waals surface area contributed by atoms with Crippen molar-refractivity contribution < 1.29 is 4.74 Å². The largest absolute Gasteiger partial charge is 0.494 e. The lowest BCUT2D eigenvalue weighted by molar-refractivity contribution is 0.297. The number of hydrogen-bond acceptors (Lipinski definition) is 2. The van der Waals surface area contributed by atoms with Crippen LogP contribution in [0.3, 0.4) is 0 Å². The van der Waals surface area contributed by atoms with Gasteiger partial charge in [0.25, 0.3) is 0 Å². The van der Waals surface area contributed by atoms with Gasteiger partial charge in [-0.3, -0.25) is 0 Å². The number of nitrogens with two attached hydrogens (primary N) is 1. The SMILES string of the molecule is NC(CCOc1ccccc1)c1ccccc1C1CCC1. The molecule has 0 spiro atoms. The summed E-state index contributed by atoms with van der Waals surface area (Å²) in [6.45, 7) is 0.657. The van der Waals surface area contributed by atoms with Gasteiger partial charge in [-0.05, 0) is 42.0 Å². The van der Waals surface area contributed by atoms with E-state index in [1.165, 1.54) is 30.4 Å². The quantitative estimate of drug-likeness (QED) is 0.850. The zero-order chi connectivity index (χ0) is 14.5. The second kappa shape index (κ2) is 6.77.